The molecule has 0 bridgehead atoms. The Balaban J connectivity index is 1.95. The lowest BCUT2D eigenvalue weighted by atomic mass is 10.00. The molecular formula is C18H20N4O2. The highest BCUT2D eigenvalue weighted by molar-refractivity contribution is 5.81. The van der Waals surface area contributed by atoms with Crippen LogP contribution in [-0.4, -0.2) is 39.6 Å². The maximum absolute atomic E-state index is 12.2. The number of aliphatic hydroxyl groups is 1. The second-order valence-electron chi connectivity index (χ2n) is 6.35. The summed E-state index contributed by atoms with van der Waals surface area (Å²) in [6, 6.07) is 8.91. The fourth-order valence-electron chi connectivity index (χ4n) is 3.18. The molecule has 1 fully saturated rings. The van der Waals surface area contributed by atoms with E-state index < -0.39 is 0 Å². The Morgan fingerprint density at radius 2 is 2.29 bits per heavy atom. The summed E-state index contributed by atoms with van der Waals surface area (Å²) in [6.07, 6.45) is 2.27. The van der Waals surface area contributed by atoms with Crippen LogP contribution in [0.1, 0.15) is 25.6 Å². The third kappa shape index (κ3) is 3.31. The summed E-state index contributed by atoms with van der Waals surface area (Å²) in [4.78, 5) is 21.2. The van der Waals surface area contributed by atoms with E-state index in [4.69, 9.17) is 0 Å². The van der Waals surface area contributed by atoms with Crippen LogP contribution in [0.5, 0.6) is 0 Å². The van der Waals surface area contributed by atoms with Gasteiger partial charge in [0.1, 0.15) is 17.4 Å². The average Bonchev–Trinajstić information content (AvgIpc) is 2.55. The molecule has 2 aromatic rings. The number of H-pyrrole nitrogens is 1. The van der Waals surface area contributed by atoms with Crippen LogP contribution in [0.4, 0.5) is 0 Å². The van der Waals surface area contributed by atoms with Crippen LogP contribution in [0.2, 0.25) is 0 Å². The molecule has 1 saturated heterocycles. The molecule has 1 aliphatic rings. The van der Waals surface area contributed by atoms with E-state index in [1.54, 1.807) is 24.3 Å². The number of nitrogens with one attached hydrogen (secondary N) is 1. The van der Waals surface area contributed by atoms with Crippen LogP contribution in [0.15, 0.2) is 34.8 Å². The lowest BCUT2D eigenvalue weighted by Crippen LogP contribution is -2.35. The van der Waals surface area contributed by atoms with Gasteiger partial charge in [0.15, 0.2) is 5.82 Å². The minimum Gasteiger partial charge on any atom is -0.509 e. The van der Waals surface area contributed by atoms with Gasteiger partial charge in [0, 0.05) is 6.54 Å². The van der Waals surface area contributed by atoms with E-state index in [2.05, 4.69) is 21.8 Å². The normalized spacial score (nSPS) is 19.8. The summed E-state index contributed by atoms with van der Waals surface area (Å²) in [5.74, 6) is 0.643. The van der Waals surface area contributed by atoms with Crippen molar-refractivity contribution in [2.24, 2.45) is 5.92 Å². The molecule has 2 heterocycles. The summed E-state index contributed by atoms with van der Waals surface area (Å²) in [6.45, 7) is 4.27. The topological polar surface area (TPSA) is 93.0 Å². The van der Waals surface area contributed by atoms with Gasteiger partial charge in [-0.1, -0.05) is 19.1 Å². The first-order valence-electron chi connectivity index (χ1n) is 8.12. The minimum absolute atomic E-state index is 0.0241. The fourth-order valence-corrected chi connectivity index (χ4v) is 3.18. The molecule has 0 aliphatic carbocycles. The number of aromatic amines is 1. The number of aliphatic hydroxyl groups excluding tert-OH is 1. The van der Waals surface area contributed by atoms with Crippen LogP contribution in [0, 0.1) is 17.2 Å². The van der Waals surface area contributed by atoms with Gasteiger partial charge in [0.25, 0.3) is 5.56 Å². The molecule has 1 atom stereocenters. The molecule has 6 heteroatoms. The number of nitriles is 1. The Labute approximate surface area is 140 Å². The molecule has 1 aromatic heterocycles. The van der Waals surface area contributed by atoms with Crippen molar-refractivity contribution < 1.29 is 5.11 Å². The predicted octanol–water partition coefficient (Wildman–Crippen LogP) is 2.45. The van der Waals surface area contributed by atoms with Crippen molar-refractivity contribution >= 4 is 16.5 Å². The molecule has 0 spiro atoms. The fraction of sp³-hybridized carbons (Fsp3) is 0.389. The lowest BCUT2D eigenvalue weighted by Gasteiger charge is -2.30. The number of rotatable bonds is 3. The second-order valence-corrected chi connectivity index (χ2v) is 6.35. The van der Waals surface area contributed by atoms with Crippen molar-refractivity contribution in [3.05, 3.63) is 46.2 Å². The summed E-state index contributed by atoms with van der Waals surface area (Å²) >= 11 is 0. The molecule has 6 nitrogen and oxygen atoms in total. The summed E-state index contributed by atoms with van der Waals surface area (Å²) < 4.78 is 0. The summed E-state index contributed by atoms with van der Waals surface area (Å²) in [7, 11) is 0. The van der Waals surface area contributed by atoms with Gasteiger partial charge in [-0.2, -0.15) is 5.26 Å². The quantitative estimate of drug-likeness (QED) is 0.668. The van der Waals surface area contributed by atoms with Gasteiger partial charge in [0.05, 0.1) is 17.4 Å². The van der Waals surface area contributed by atoms with E-state index >= 15 is 0 Å². The Kier molecular flexibility index (Phi) is 4.63. The number of piperidine rings is 1. The van der Waals surface area contributed by atoms with E-state index in [1.165, 1.54) is 6.42 Å². The first-order chi connectivity index (χ1) is 11.6. The van der Waals surface area contributed by atoms with Crippen LogP contribution in [-0.2, 0) is 0 Å². The first-order valence-corrected chi connectivity index (χ1v) is 8.12. The predicted molar refractivity (Wildman–Crippen MR) is 92.4 cm³/mol. The number of para-hydroxylation sites is 1. The minimum atomic E-state index is -0.317. The zero-order valence-electron chi connectivity index (χ0n) is 13.6. The van der Waals surface area contributed by atoms with E-state index in [9.17, 15) is 15.2 Å². The zero-order valence-corrected chi connectivity index (χ0v) is 13.6. The van der Waals surface area contributed by atoms with Gasteiger partial charge in [-0.05, 0) is 37.4 Å². The molecule has 2 N–H and O–H groups in total. The van der Waals surface area contributed by atoms with E-state index in [-0.39, 0.29) is 22.7 Å². The number of aromatic nitrogens is 2. The van der Waals surface area contributed by atoms with Gasteiger partial charge in [0.2, 0.25) is 0 Å². The van der Waals surface area contributed by atoms with E-state index in [1.807, 2.05) is 6.07 Å². The third-order valence-electron chi connectivity index (χ3n) is 4.36. The molecule has 1 aromatic carbocycles. The number of nitrogens with zero attached hydrogens (tertiary/aromatic N) is 3. The van der Waals surface area contributed by atoms with Gasteiger partial charge in [-0.3, -0.25) is 9.69 Å². The van der Waals surface area contributed by atoms with Crippen LogP contribution in [0.3, 0.4) is 0 Å². The van der Waals surface area contributed by atoms with Crippen molar-refractivity contribution in [3.63, 3.8) is 0 Å². The monoisotopic (exact) mass is 324 g/mol. The largest absolute Gasteiger partial charge is 0.509 e. The Morgan fingerprint density at radius 3 is 3.04 bits per heavy atom. The van der Waals surface area contributed by atoms with Crippen molar-refractivity contribution in [1.82, 2.24) is 14.9 Å². The summed E-state index contributed by atoms with van der Waals surface area (Å²) in [5, 5.41) is 20.3. The number of likely N-dealkylation sites (tertiary alicyclic amines) is 1. The van der Waals surface area contributed by atoms with E-state index in [0.29, 0.717) is 23.4 Å². The highest BCUT2D eigenvalue weighted by Gasteiger charge is 2.20. The van der Waals surface area contributed by atoms with E-state index in [0.717, 1.165) is 19.5 Å². The molecule has 1 aliphatic heterocycles. The SMILES string of the molecule is CC1CCCN(C/C(O)=C(\C#N)c2nc3ccccc3c(=O)[nH]2)C1. The van der Waals surface area contributed by atoms with Crippen molar-refractivity contribution in [2.45, 2.75) is 19.8 Å². The highest BCUT2D eigenvalue weighted by Crippen LogP contribution is 2.19. The maximum Gasteiger partial charge on any atom is 0.259 e. The maximum atomic E-state index is 12.2. The smallest absolute Gasteiger partial charge is 0.259 e. The number of hydrogen-bond acceptors (Lipinski definition) is 5. The second kappa shape index (κ2) is 6.85. The van der Waals surface area contributed by atoms with Crippen LogP contribution < -0.4 is 5.56 Å². The lowest BCUT2D eigenvalue weighted by molar-refractivity contribution is 0.177. The Morgan fingerprint density at radius 1 is 1.50 bits per heavy atom. The van der Waals surface area contributed by atoms with Crippen LogP contribution in [0.25, 0.3) is 16.5 Å². The zero-order chi connectivity index (χ0) is 17.1. The molecule has 0 radical (unpaired) electrons. The molecular weight excluding hydrogens is 304 g/mol. The van der Waals surface area contributed by atoms with Crippen molar-refractivity contribution in [1.29, 1.82) is 5.26 Å². The molecule has 1 unspecified atom stereocenters. The first kappa shape index (κ1) is 16.2. The highest BCUT2D eigenvalue weighted by atomic mass is 16.3. The summed E-state index contributed by atoms with van der Waals surface area (Å²) in [5.41, 5.74) is 0.210. The van der Waals surface area contributed by atoms with Crippen molar-refractivity contribution in [2.75, 3.05) is 19.6 Å². The standard InChI is InChI=1S/C18H20N4O2/c1-12-5-4-8-22(10-12)11-16(23)14(9-19)17-20-15-7-3-2-6-13(15)18(24)21-17/h2-3,6-7,12,23H,4-5,8,10-11H2,1H3,(H,20,21,24)/b16-14-. The van der Waals surface area contributed by atoms with Gasteiger partial charge in [-0.15, -0.1) is 0 Å². The van der Waals surface area contributed by atoms with Crippen LogP contribution >= 0.6 is 0 Å². The number of benzene rings is 1. The molecule has 24 heavy (non-hydrogen) atoms. The Bertz CT molecular complexity index is 878. The average molecular weight is 324 g/mol. The molecule has 0 saturated carbocycles. The van der Waals surface area contributed by atoms with Gasteiger partial charge >= 0.3 is 0 Å². The van der Waals surface area contributed by atoms with Gasteiger partial charge in [-0.25, -0.2) is 4.98 Å². The number of hydrogen-bond donors (Lipinski definition) is 2. The van der Waals surface area contributed by atoms with Gasteiger partial charge < -0.3 is 10.1 Å². The number of fused-ring (bicyclic) bond motifs is 1. The Hall–Kier alpha value is -2.65. The third-order valence-corrected chi connectivity index (χ3v) is 4.36. The molecule has 124 valence electrons. The molecule has 3 rings (SSSR count). The number of allylic oxidation sites excluding steroid dienone is 1. The molecule has 0 amide bonds. The van der Waals surface area contributed by atoms with Crippen molar-refractivity contribution in [3.8, 4) is 6.07 Å².